The summed E-state index contributed by atoms with van der Waals surface area (Å²) in [6, 6.07) is 0.582. The van der Waals surface area contributed by atoms with Gasteiger partial charge in [-0.15, -0.1) is 0 Å². The standard InChI is InChI=1S/C20H36N2O5/c1-20(2,3)27-19(23)22-9-7-21(8-10-22)16-14-17(15-16)24-12-13-26-18-6-4-5-11-25-18/h16-18H,4-15H2,1-3H3. The Labute approximate surface area is 163 Å². The van der Waals surface area contributed by atoms with Crippen molar-refractivity contribution in [1.29, 1.82) is 0 Å². The summed E-state index contributed by atoms with van der Waals surface area (Å²) in [7, 11) is 0. The van der Waals surface area contributed by atoms with Gasteiger partial charge in [0.15, 0.2) is 6.29 Å². The lowest BCUT2D eigenvalue weighted by atomic mass is 9.87. The summed E-state index contributed by atoms with van der Waals surface area (Å²) in [6.45, 7) is 11.1. The fraction of sp³-hybridized carbons (Fsp3) is 0.950. The third kappa shape index (κ3) is 6.59. The van der Waals surface area contributed by atoms with E-state index >= 15 is 0 Å². The molecule has 7 heteroatoms. The van der Waals surface area contributed by atoms with Crippen LogP contribution in [0.3, 0.4) is 0 Å². The van der Waals surface area contributed by atoms with E-state index in [9.17, 15) is 4.79 Å². The van der Waals surface area contributed by atoms with Gasteiger partial charge in [-0.2, -0.15) is 0 Å². The van der Waals surface area contributed by atoms with Crippen LogP contribution in [0.25, 0.3) is 0 Å². The van der Waals surface area contributed by atoms with E-state index in [1.165, 1.54) is 6.42 Å². The molecule has 0 aromatic rings. The lowest BCUT2D eigenvalue weighted by molar-refractivity contribution is -0.175. The maximum atomic E-state index is 12.1. The molecule has 0 aromatic heterocycles. The molecule has 156 valence electrons. The Morgan fingerprint density at radius 3 is 2.37 bits per heavy atom. The van der Waals surface area contributed by atoms with Gasteiger partial charge in [-0.3, -0.25) is 4.90 Å². The third-order valence-corrected chi connectivity index (χ3v) is 5.43. The number of carbonyl (C=O) groups excluding carboxylic acids is 1. The molecule has 0 spiro atoms. The molecule has 27 heavy (non-hydrogen) atoms. The Kier molecular flexibility index (Phi) is 7.36. The molecule has 1 saturated carbocycles. The molecule has 1 atom stereocenters. The quantitative estimate of drug-likeness (QED) is 0.656. The highest BCUT2D eigenvalue weighted by atomic mass is 16.7. The number of amides is 1. The van der Waals surface area contributed by atoms with E-state index in [1.807, 2.05) is 25.7 Å². The van der Waals surface area contributed by atoms with Crippen LogP contribution in [0.1, 0.15) is 52.9 Å². The molecule has 1 unspecified atom stereocenters. The normalized spacial score (nSPS) is 30.0. The molecule has 7 nitrogen and oxygen atoms in total. The number of hydrogen-bond acceptors (Lipinski definition) is 6. The summed E-state index contributed by atoms with van der Waals surface area (Å²) in [5.74, 6) is 0. The highest BCUT2D eigenvalue weighted by Gasteiger charge is 2.36. The van der Waals surface area contributed by atoms with E-state index < -0.39 is 5.60 Å². The van der Waals surface area contributed by atoms with Crippen LogP contribution in [-0.4, -0.2) is 85.9 Å². The zero-order valence-corrected chi connectivity index (χ0v) is 17.2. The van der Waals surface area contributed by atoms with Crippen LogP contribution in [0.15, 0.2) is 0 Å². The van der Waals surface area contributed by atoms with Crippen LogP contribution in [0.5, 0.6) is 0 Å². The van der Waals surface area contributed by atoms with Crippen molar-refractivity contribution in [1.82, 2.24) is 9.80 Å². The second-order valence-corrected chi connectivity index (χ2v) is 8.79. The first-order valence-corrected chi connectivity index (χ1v) is 10.5. The van der Waals surface area contributed by atoms with Crippen molar-refractivity contribution in [2.45, 2.75) is 76.9 Å². The summed E-state index contributed by atoms with van der Waals surface area (Å²) in [5.41, 5.74) is -0.431. The van der Waals surface area contributed by atoms with Gasteiger partial charge in [-0.1, -0.05) is 0 Å². The van der Waals surface area contributed by atoms with Crippen LogP contribution < -0.4 is 0 Å². The van der Waals surface area contributed by atoms with Crippen LogP contribution in [0, 0.1) is 0 Å². The minimum atomic E-state index is -0.431. The molecule has 0 aromatic carbocycles. The van der Waals surface area contributed by atoms with Gasteiger partial charge in [0.2, 0.25) is 0 Å². The summed E-state index contributed by atoms with van der Waals surface area (Å²) in [4.78, 5) is 16.4. The van der Waals surface area contributed by atoms with E-state index in [0.717, 1.165) is 58.5 Å². The molecule has 2 saturated heterocycles. The Hall–Kier alpha value is -0.890. The molecule has 1 amide bonds. The van der Waals surface area contributed by atoms with Gasteiger partial charge in [0.25, 0.3) is 0 Å². The van der Waals surface area contributed by atoms with E-state index in [1.54, 1.807) is 0 Å². The number of piperazine rings is 1. The zero-order chi connectivity index (χ0) is 19.3. The lowest BCUT2D eigenvalue weighted by Gasteiger charge is -2.46. The summed E-state index contributed by atoms with van der Waals surface area (Å²) in [6.07, 6.45) is 5.61. The third-order valence-electron chi connectivity index (χ3n) is 5.43. The lowest BCUT2D eigenvalue weighted by Crippen LogP contribution is -2.57. The molecule has 3 rings (SSSR count). The predicted molar refractivity (Wildman–Crippen MR) is 102 cm³/mol. The number of hydrogen-bond donors (Lipinski definition) is 0. The average molecular weight is 385 g/mol. The minimum absolute atomic E-state index is 0.0299. The van der Waals surface area contributed by atoms with Crippen molar-refractivity contribution < 1.29 is 23.7 Å². The first kappa shape index (κ1) is 20.8. The van der Waals surface area contributed by atoms with Crippen molar-refractivity contribution in [2.75, 3.05) is 46.0 Å². The number of carbonyl (C=O) groups is 1. The second kappa shape index (κ2) is 9.54. The van der Waals surface area contributed by atoms with Crippen molar-refractivity contribution in [2.24, 2.45) is 0 Å². The van der Waals surface area contributed by atoms with Gasteiger partial charge >= 0.3 is 6.09 Å². The highest BCUT2D eigenvalue weighted by molar-refractivity contribution is 5.68. The first-order valence-electron chi connectivity index (χ1n) is 10.5. The molecule has 2 heterocycles. The van der Waals surface area contributed by atoms with Gasteiger partial charge in [-0.25, -0.2) is 4.79 Å². The Balaban J connectivity index is 1.24. The topological polar surface area (TPSA) is 60.5 Å². The maximum absolute atomic E-state index is 12.1. The maximum Gasteiger partial charge on any atom is 0.410 e. The molecule has 3 aliphatic rings. The van der Waals surface area contributed by atoms with Gasteiger partial charge in [0, 0.05) is 38.8 Å². The van der Waals surface area contributed by atoms with Gasteiger partial charge in [0.1, 0.15) is 5.60 Å². The summed E-state index contributed by atoms with van der Waals surface area (Å²) in [5, 5.41) is 0. The van der Waals surface area contributed by atoms with Crippen LogP contribution in [0.4, 0.5) is 4.79 Å². The van der Waals surface area contributed by atoms with E-state index in [4.69, 9.17) is 18.9 Å². The van der Waals surface area contributed by atoms with E-state index in [-0.39, 0.29) is 12.4 Å². The number of nitrogens with zero attached hydrogens (tertiary/aromatic N) is 2. The van der Waals surface area contributed by atoms with Crippen molar-refractivity contribution in [3.8, 4) is 0 Å². The average Bonchev–Trinajstić information content (AvgIpc) is 2.60. The summed E-state index contributed by atoms with van der Waals surface area (Å²) >= 11 is 0. The Morgan fingerprint density at radius 2 is 1.74 bits per heavy atom. The minimum Gasteiger partial charge on any atom is -0.444 e. The molecule has 0 bridgehead atoms. The van der Waals surface area contributed by atoms with Gasteiger partial charge in [-0.05, 0) is 52.9 Å². The Bertz CT molecular complexity index is 461. The van der Waals surface area contributed by atoms with Crippen LogP contribution in [-0.2, 0) is 18.9 Å². The fourth-order valence-electron chi connectivity index (χ4n) is 3.81. The molecule has 1 aliphatic carbocycles. The van der Waals surface area contributed by atoms with Crippen LogP contribution in [0.2, 0.25) is 0 Å². The molecule has 3 fully saturated rings. The molecule has 2 aliphatic heterocycles. The van der Waals surface area contributed by atoms with Crippen LogP contribution >= 0.6 is 0 Å². The van der Waals surface area contributed by atoms with Crippen molar-refractivity contribution in [3.63, 3.8) is 0 Å². The largest absolute Gasteiger partial charge is 0.444 e. The zero-order valence-electron chi connectivity index (χ0n) is 17.2. The molecule has 0 radical (unpaired) electrons. The first-order chi connectivity index (χ1) is 12.9. The van der Waals surface area contributed by atoms with E-state index in [2.05, 4.69) is 4.90 Å². The fourth-order valence-corrected chi connectivity index (χ4v) is 3.81. The van der Waals surface area contributed by atoms with Gasteiger partial charge < -0.3 is 23.8 Å². The molecular weight excluding hydrogens is 348 g/mol. The molecular formula is C20H36N2O5. The highest BCUT2D eigenvalue weighted by Crippen LogP contribution is 2.29. The monoisotopic (exact) mass is 384 g/mol. The number of rotatable bonds is 6. The SMILES string of the molecule is CC(C)(C)OC(=O)N1CCN(C2CC(OCCOC3CCCCO3)C2)CC1. The predicted octanol–water partition coefficient (Wildman–Crippen LogP) is 2.63. The van der Waals surface area contributed by atoms with Crippen molar-refractivity contribution in [3.05, 3.63) is 0 Å². The molecule has 0 N–H and O–H groups in total. The van der Waals surface area contributed by atoms with E-state index in [0.29, 0.717) is 25.4 Å². The smallest absolute Gasteiger partial charge is 0.410 e. The number of ether oxygens (including phenoxy) is 4. The van der Waals surface area contributed by atoms with Gasteiger partial charge in [0.05, 0.1) is 19.3 Å². The summed E-state index contributed by atoms with van der Waals surface area (Å²) < 4.78 is 22.6. The van der Waals surface area contributed by atoms with Crippen molar-refractivity contribution >= 4 is 6.09 Å². The second-order valence-electron chi connectivity index (χ2n) is 8.79. The Morgan fingerprint density at radius 1 is 1.04 bits per heavy atom.